The number of anilines is 1. The molecule has 2 N–H and O–H groups in total. The van der Waals surface area contributed by atoms with E-state index in [1.165, 1.54) is 16.2 Å². The van der Waals surface area contributed by atoms with Crippen molar-refractivity contribution in [2.45, 2.75) is 0 Å². The van der Waals surface area contributed by atoms with E-state index in [-0.39, 0.29) is 0 Å². The van der Waals surface area contributed by atoms with Crippen LogP contribution in [0.25, 0.3) is 21.5 Å². The highest BCUT2D eigenvalue weighted by Crippen LogP contribution is 2.29. The molecule has 0 fully saturated rings. The van der Waals surface area contributed by atoms with Gasteiger partial charge in [0, 0.05) is 11.1 Å². The Hall–Kier alpha value is -2.02. The van der Waals surface area contributed by atoms with Crippen LogP contribution >= 0.6 is 0 Å². The lowest BCUT2D eigenvalue weighted by atomic mass is 10.0. The Labute approximate surface area is 88.1 Å². The molecular formula is C14H11N. The van der Waals surface area contributed by atoms with Gasteiger partial charge in [-0.25, -0.2) is 0 Å². The molecule has 3 rings (SSSR count). The van der Waals surface area contributed by atoms with E-state index in [0.29, 0.717) is 0 Å². The molecule has 1 heteroatoms. The van der Waals surface area contributed by atoms with Crippen LogP contribution in [0.15, 0.2) is 54.6 Å². The lowest BCUT2D eigenvalue weighted by Gasteiger charge is -2.06. The second kappa shape index (κ2) is 2.99. The topological polar surface area (TPSA) is 26.0 Å². The van der Waals surface area contributed by atoms with Crippen LogP contribution in [0, 0.1) is 0 Å². The molecule has 0 bridgehead atoms. The molecule has 0 aliphatic rings. The maximum atomic E-state index is 6.02. The van der Waals surface area contributed by atoms with E-state index in [2.05, 4.69) is 30.3 Å². The van der Waals surface area contributed by atoms with Crippen molar-refractivity contribution >= 4 is 27.2 Å². The van der Waals surface area contributed by atoms with Crippen LogP contribution in [-0.4, -0.2) is 0 Å². The lowest BCUT2D eigenvalue weighted by Crippen LogP contribution is -1.87. The molecule has 0 aliphatic heterocycles. The summed E-state index contributed by atoms with van der Waals surface area (Å²) in [5, 5.41) is 4.83. The number of hydrogen-bond donors (Lipinski definition) is 1. The fourth-order valence-corrected chi connectivity index (χ4v) is 2.08. The van der Waals surface area contributed by atoms with Gasteiger partial charge in [0.05, 0.1) is 0 Å². The third-order valence-electron chi connectivity index (χ3n) is 2.80. The van der Waals surface area contributed by atoms with Gasteiger partial charge in [-0.05, 0) is 22.2 Å². The Balaban J connectivity index is 2.64. The van der Waals surface area contributed by atoms with Gasteiger partial charge in [0.15, 0.2) is 0 Å². The van der Waals surface area contributed by atoms with Crippen molar-refractivity contribution in [1.29, 1.82) is 0 Å². The number of nitrogen functional groups attached to an aromatic ring is 1. The summed E-state index contributed by atoms with van der Waals surface area (Å²) in [6, 6.07) is 18.6. The summed E-state index contributed by atoms with van der Waals surface area (Å²) in [5.41, 5.74) is 6.87. The molecule has 0 aliphatic carbocycles. The summed E-state index contributed by atoms with van der Waals surface area (Å²) in [7, 11) is 0. The molecule has 3 aromatic rings. The Kier molecular flexibility index (Phi) is 1.65. The van der Waals surface area contributed by atoms with E-state index in [1.807, 2.05) is 24.3 Å². The van der Waals surface area contributed by atoms with E-state index < -0.39 is 0 Å². The van der Waals surface area contributed by atoms with Crippen LogP contribution in [0.4, 0.5) is 5.69 Å². The summed E-state index contributed by atoms with van der Waals surface area (Å²) >= 11 is 0. The quantitative estimate of drug-likeness (QED) is 0.428. The first kappa shape index (κ1) is 8.30. The van der Waals surface area contributed by atoms with E-state index in [4.69, 9.17) is 5.73 Å². The number of fused-ring (bicyclic) bond motifs is 3. The monoisotopic (exact) mass is 193 g/mol. The van der Waals surface area contributed by atoms with E-state index in [0.717, 1.165) is 11.1 Å². The van der Waals surface area contributed by atoms with Crippen molar-refractivity contribution in [3.63, 3.8) is 0 Å². The largest absolute Gasteiger partial charge is 0.398 e. The zero-order valence-electron chi connectivity index (χ0n) is 8.27. The van der Waals surface area contributed by atoms with Crippen molar-refractivity contribution in [1.82, 2.24) is 0 Å². The standard InChI is InChI=1S/C14H11N/c15-14-9-10-5-1-2-6-11(10)12-7-3-4-8-13(12)14/h1-9H,15H2. The highest BCUT2D eigenvalue weighted by molar-refractivity contribution is 6.12. The Morgan fingerprint density at radius 1 is 0.667 bits per heavy atom. The minimum absolute atomic E-state index is 0.851. The van der Waals surface area contributed by atoms with E-state index in [1.54, 1.807) is 0 Å². The molecule has 15 heavy (non-hydrogen) atoms. The molecule has 0 saturated carbocycles. The summed E-state index contributed by atoms with van der Waals surface area (Å²) in [6.45, 7) is 0. The number of hydrogen-bond acceptors (Lipinski definition) is 1. The second-order valence-electron chi connectivity index (χ2n) is 3.73. The fourth-order valence-electron chi connectivity index (χ4n) is 2.08. The van der Waals surface area contributed by atoms with Crippen molar-refractivity contribution in [3.05, 3.63) is 54.6 Å². The zero-order chi connectivity index (χ0) is 10.3. The van der Waals surface area contributed by atoms with Gasteiger partial charge in [-0.1, -0.05) is 48.5 Å². The first-order valence-electron chi connectivity index (χ1n) is 5.02. The SMILES string of the molecule is Nc1cc2ccccc2c2ccccc12. The predicted octanol–water partition coefficient (Wildman–Crippen LogP) is 3.58. The molecule has 0 radical (unpaired) electrons. The third-order valence-corrected chi connectivity index (χ3v) is 2.80. The van der Waals surface area contributed by atoms with Gasteiger partial charge in [-0.3, -0.25) is 0 Å². The Morgan fingerprint density at radius 2 is 1.27 bits per heavy atom. The number of nitrogens with two attached hydrogens (primary N) is 1. The average molecular weight is 193 g/mol. The number of rotatable bonds is 0. The first-order chi connectivity index (χ1) is 7.36. The highest BCUT2D eigenvalue weighted by Gasteiger charge is 2.02. The second-order valence-corrected chi connectivity index (χ2v) is 3.73. The minimum atomic E-state index is 0.851. The predicted molar refractivity (Wildman–Crippen MR) is 65.9 cm³/mol. The Bertz CT molecular complexity index is 641. The van der Waals surface area contributed by atoms with Crippen LogP contribution in [0.3, 0.4) is 0 Å². The first-order valence-corrected chi connectivity index (χ1v) is 5.02. The smallest absolute Gasteiger partial charge is 0.0400 e. The minimum Gasteiger partial charge on any atom is -0.398 e. The highest BCUT2D eigenvalue weighted by atomic mass is 14.5. The van der Waals surface area contributed by atoms with Crippen LogP contribution < -0.4 is 5.73 Å². The van der Waals surface area contributed by atoms with Crippen molar-refractivity contribution in [2.24, 2.45) is 0 Å². The van der Waals surface area contributed by atoms with Crippen LogP contribution in [0.5, 0.6) is 0 Å². The zero-order valence-corrected chi connectivity index (χ0v) is 8.27. The van der Waals surface area contributed by atoms with Gasteiger partial charge in [0.2, 0.25) is 0 Å². The molecule has 0 amide bonds. The summed E-state index contributed by atoms with van der Waals surface area (Å²) in [4.78, 5) is 0. The molecule has 0 heterocycles. The van der Waals surface area contributed by atoms with Gasteiger partial charge in [-0.2, -0.15) is 0 Å². The van der Waals surface area contributed by atoms with Gasteiger partial charge < -0.3 is 5.73 Å². The summed E-state index contributed by atoms with van der Waals surface area (Å²) < 4.78 is 0. The van der Waals surface area contributed by atoms with Crippen LogP contribution in [0.2, 0.25) is 0 Å². The van der Waals surface area contributed by atoms with Crippen molar-refractivity contribution < 1.29 is 0 Å². The van der Waals surface area contributed by atoms with Crippen molar-refractivity contribution in [3.8, 4) is 0 Å². The molecule has 0 saturated heterocycles. The van der Waals surface area contributed by atoms with E-state index in [9.17, 15) is 0 Å². The summed E-state index contributed by atoms with van der Waals surface area (Å²) in [6.07, 6.45) is 0. The van der Waals surface area contributed by atoms with Crippen LogP contribution in [0.1, 0.15) is 0 Å². The molecule has 72 valence electrons. The number of benzene rings is 3. The van der Waals surface area contributed by atoms with Gasteiger partial charge in [-0.15, -0.1) is 0 Å². The molecule has 1 nitrogen and oxygen atoms in total. The van der Waals surface area contributed by atoms with E-state index >= 15 is 0 Å². The van der Waals surface area contributed by atoms with Gasteiger partial charge in [0.25, 0.3) is 0 Å². The maximum Gasteiger partial charge on any atom is 0.0400 e. The molecular weight excluding hydrogens is 182 g/mol. The third kappa shape index (κ3) is 1.17. The molecule has 0 atom stereocenters. The van der Waals surface area contributed by atoms with Gasteiger partial charge >= 0.3 is 0 Å². The summed E-state index contributed by atoms with van der Waals surface area (Å²) in [5.74, 6) is 0. The molecule has 3 aromatic carbocycles. The van der Waals surface area contributed by atoms with Crippen molar-refractivity contribution in [2.75, 3.05) is 5.73 Å². The molecule has 0 spiro atoms. The molecule has 0 unspecified atom stereocenters. The normalized spacial score (nSPS) is 10.9. The molecule has 0 aromatic heterocycles. The maximum absolute atomic E-state index is 6.02. The van der Waals surface area contributed by atoms with Gasteiger partial charge in [0.1, 0.15) is 0 Å². The Morgan fingerprint density at radius 3 is 2.07 bits per heavy atom. The van der Waals surface area contributed by atoms with Crippen LogP contribution in [-0.2, 0) is 0 Å². The fraction of sp³-hybridized carbons (Fsp3) is 0. The lowest BCUT2D eigenvalue weighted by molar-refractivity contribution is 1.75. The average Bonchev–Trinajstić information content (AvgIpc) is 2.30.